The molecule has 0 saturated heterocycles. The fourth-order valence-electron chi connectivity index (χ4n) is 2.84. The van der Waals surface area contributed by atoms with Crippen LogP contribution in [0.4, 0.5) is 0 Å². The number of carbonyl (C=O) groups excluding carboxylic acids is 1. The van der Waals surface area contributed by atoms with Crippen LogP contribution < -0.4 is 0 Å². The summed E-state index contributed by atoms with van der Waals surface area (Å²) in [4.78, 5) is 11.7. The minimum absolute atomic E-state index is 0.0318. The van der Waals surface area contributed by atoms with Gasteiger partial charge in [-0.2, -0.15) is 0 Å². The first kappa shape index (κ1) is 7.33. The smallest absolute Gasteiger partial charge is 0.142 e. The quantitative estimate of drug-likeness (QED) is 0.521. The standard InChI is InChI=1S/C10H16O/c1-9(2)8(11)7-4-5-10(9,3)6-7/h7H,4-6H2,1-3H3/t7-,10+/m1/s1. The lowest BCUT2D eigenvalue weighted by Crippen LogP contribution is -2.37. The first-order valence-corrected chi connectivity index (χ1v) is 4.52. The molecule has 0 heterocycles. The summed E-state index contributed by atoms with van der Waals surface area (Å²) in [6, 6.07) is 0. The van der Waals surface area contributed by atoms with Crippen molar-refractivity contribution in [3.8, 4) is 0 Å². The van der Waals surface area contributed by atoms with Crippen molar-refractivity contribution >= 4 is 5.78 Å². The van der Waals surface area contributed by atoms with Gasteiger partial charge >= 0.3 is 0 Å². The number of fused-ring (bicyclic) bond motifs is 2. The van der Waals surface area contributed by atoms with Crippen LogP contribution in [0.3, 0.4) is 0 Å². The van der Waals surface area contributed by atoms with Crippen LogP contribution in [0.1, 0.15) is 40.0 Å². The fourth-order valence-corrected chi connectivity index (χ4v) is 2.84. The number of hydrogen-bond donors (Lipinski definition) is 0. The average Bonchev–Trinajstić information content (AvgIpc) is 2.36. The highest BCUT2D eigenvalue weighted by Gasteiger charge is 2.59. The summed E-state index contributed by atoms with van der Waals surface area (Å²) in [7, 11) is 0. The van der Waals surface area contributed by atoms with E-state index in [-0.39, 0.29) is 5.41 Å². The molecular formula is C10H16O. The van der Waals surface area contributed by atoms with Gasteiger partial charge in [0.15, 0.2) is 0 Å². The Morgan fingerprint density at radius 3 is 2.27 bits per heavy atom. The zero-order valence-electron chi connectivity index (χ0n) is 7.61. The molecule has 2 atom stereocenters. The number of ketones is 1. The predicted molar refractivity (Wildman–Crippen MR) is 44.2 cm³/mol. The molecule has 1 nitrogen and oxygen atoms in total. The van der Waals surface area contributed by atoms with E-state index in [4.69, 9.17) is 0 Å². The Balaban J connectivity index is 2.44. The van der Waals surface area contributed by atoms with Crippen molar-refractivity contribution in [2.45, 2.75) is 40.0 Å². The summed E-state index contributed by atoms with van der Waals surface area (Å²) in [5.41, 5.74) is 0.296. The maximum atomic E-state index is 11.7. The van der Waals surface area contributed by atoms with Crippen molar-refractivity contribution in [1.82, 2.24) is 0 Å². The monoisotopic (exact) mass is 152 g/mol. The van der Waals surface area contributed by atoms with E-state index >= 15 is 0 Å². The molecule has 62 valence electrons. The number of hydrogen-bond acceptors (Lipinski definition) is 1. The van der Waals surface area contributed by atoms with Gasteiger partial charge in [-0.1, -0.05) is 20.8 Å². The lowest BCUT2D eigenvalue weighted by Gasteiger charge is -2.37. The second-order valence-corrected chi connectivity index (χ2v) is 4.99. The number of Topliss-reactive ketones (excluding diaryl/α,β-unsaturated/α-hetero) is 1. The van der Waals surface area contributed by atoms with Crippen molar-refractivity contribution in [1.29, 1.82) is 0 Å². The Bertz CT molecular complexity index is 217. The van der Waals surface area contributed by atoms with Gasteiger partial charge in [0.2, 0.25) is 0 Å². The maximum absolute atomic E-state index is 11.7. The van der Waals surface area contributed by atoms with E-state index in [0.29, 0.717) is 17.1 Å². The van der Waals surface area contributed by atoms with E-state index in [1.165, 1.54) is 6.42 Å². The third-order valence-corrected chi connectivity index (χ3v) is 4.24. The van der Waals surface area contributed by atoms with Crippen LogP contribution in [0.2, 0.25) is 0 Å². The highest BCUT2D eigenvalue weighted by molar-refractivity contribution is 5.90. The normalized spacial score (nSPS) is 46.8. The van der Waals surface area contributed by atoms with Crippen LogP contribution in [-0.4, -0.2) is 5.78 Å². The summed E-state index contributed by atoms with van der Waals surface area (Å²) in [5, 5.41) is 0. The van der Waals surface area contributed by atoms with E-state index < -0.39 is 0 Å². The second kappa shape index (κ2) is 1.70. The molecule has 2 aliphatic rings. The maximum Gasteiger partial charge on any atom is 0.142 e. The lowest BCUT2D eigenvalue weighted by atomic mass is 9.66. The average molecular weight is 152 g/mol. The Labute approximate surface area is 68.2 Å². The molecule has 0 aromatic carbocycles. The van der Waals surface area contributed by atoms with Crippen LogP contribution in [0.25, 0.3) is 0 Å². The van der Waals surface area contributed by atoms with Gasteiger partial charge in [-0.25, -0.2) is 0 Å². The summed E-state index contributed by atoms with van der Waals surface area (Å²) < 4.78 is 0. The van der Waals surface area contributed by atoms with Crippen LogP contribution >= 0.6 is 0 Å². The molecule has 0 aliphatic heterocycles. The van der Waals surface area contributed by atoms with Gasteiger partial charge in [-0.05, 0) is 24.7 Å². The molecular weight excluding hydrogens is 136 g/mol. The summed E-state index contributed by atoms with van der Waals surface area (Å²) in [5.74, 6) is 0.932. The molecule has 2 rings (SSSR count). The van der Waals surface area contributed by atoms with Gasteiger partial charge in [0.1, 0.15) is 5.78 Å². The fraction of sp³-hybridized carbons (Fsp3) is 0.900. The first-order valence-electron chi connectivity index (χ1n) is 4.52. The van der Waals surface area contributed by atoms with E-state index in [2.05, 4.69) is 20.8 Å². The highest BCUT2D eigenvalue weighted by atomic mass is 16.1. The van der Waals surface area contributed by atoms with Crippen LogP contribution in [0.15, 0.2) is 0 Å². The molecule has 2 aliphatic carbocycles. The van der Waals surface area contributed by atoms with Gasteiger partial charge in [-0.3, -0.25) is 4.79 Å². The van der Waals surface area contributed by atoms with Crippen molar-refractivity contribution in [2.24, 2.45) is 16.7 Å². The Kier molecular flexibility index (Phi) is 1.13. The molecule has 11 heavy (non-hydrogen) atoms. The Morgan fingerprint density at radius 1 is 1.36 bits per heavy atom. The largest absolute Gasteiger partial charge is 0.299 e. The molecule has 0 aromatic heterocycles. The van der Waals surface area contributed by atoms with E-state index in [1.54, 1.807) is 0 Å². The molecule has 2 saturated carbocycles. The first-order chi connectivity index (χ1) is 4.97. The van der Waals surface area contributed by atoms with E-state index in [9.17, 15) is 4.79 Å². The molecule has 1 heteroatoms. The molecule has 0 spiro atoms. The molecule has 0 unspecified atom stereocenters. The minimum atomic E-state index is -0.0318. The summed E-state index contributed by atoms with van der Waals surface area (Å²) in [6.45, 7) is 6.51. The molecule has 0 radical (unpaired) electrons. The van der Waals surface area contributed by atoms with Crippen molar-refractivity contribution in [2.75, 3.05) is 0 Å². The minimum Gasteiger partial charge on any atom is -0.299 e. The molecule has 0 amide bonds. The van der Waals surface area contributed by atoms with Crippen molar-refractivity contribution < 1.29 is 4.79 Å². The Morgan fingerprint density at radius 2 is 2.00 bits per heavy atom. The van der Waals surface area contributed by atoms with Crippen LogP contribution in [-0.2, 0) is 4.79 Å². The van der Waals surface area contributed by atoms with Gasteiger partial charge < -0.3 is 0 Å². The van der Waals surface area contributed by atoms with Crippen LogP contribution in [0.5, 0.6) is 0 Å². The topological polar surface area (TPSA) is 17.1 Å². The van der Waals surface area contributed by atoms with Crippen LogP contribution in [0, 0.1) is 16.7 Å². The Hall–Kier alpha value is -0.330. The lowest BCUT2D eigenvalue weighted by molar-refractivity contribution is -0.132. The summed E-state index contributed by atoms with van der Waals surface area (Å²) in [6.07, 6.45) is 3.56. The van der Waals surface area contributed by atoms with E-state index in [1.807, 2.05) is 0 Å². The molecule has 0 N–H and O–H groups in total. The van der Waals surface area contributed by atoms with Crippen molar-refractivity contribution in [3.05, 3.63) is 0 Å². The second-order valence-electron chi connectivity index (χ2n) is 4.99. The SMILES string of the molecule is CC1(C)C(=O)[C@@H]2CC[C@@]1(C)C2. The highest BCUT2D eigenvalue weighted by Crippen LogP contribution is 2.61. The number of carbonyl (C=O) groups is 1. The van der Waals surface area contributed by atoms with Gasteiger partial charge in [0.05, 0.1) is 0 Å². The predicted octanol–water partition coefficient (Wildman–Crippen LogP) is 2.40. The molecule has 2 fully saturated rings. The summed E-state index contributed by atoms with van der Waals surface area (Å²) >= 11 is 0. The van der Waals surface area contributed by atoms with E-state index in [0.717, 1.165) is 12.8 Å². The molecule has 0 aromatic rings. The number of rotatable bonds is 0. The zero-order valence-corrected chi connectivity index (χ0v) is 7.61. The molecule has 2 bridgehead atoms. The third-order valence-electron chi connectivity index (χ3n) is 4.24. The zero-order chi connectivity index (χ0) is 8.28. The van der Waals surface area contributed by atoms with Crippen molar-refractivity contribution in [3.63, 3.8) is 0 Å². The van der Waals surface area contributed by atoms with Gasteiger partial charge in [0, 0.05) is 11.3 Å². The van der Waals surface area contributed by atoms with Gasteiger partial charge in [-0.15, -0.1) is 0 Å². The third kappa shape index (κ3) is 0.646. The van der Waals surface area contributed by atoms with Gasteiger partial charge in [0.25, 0.3) is 0 Å².